The summed E-state index contributed by atoms with van der Waals surface area (Å²) in [6.07, 6.45) is 1.89. The first-order valence-corrected chi connectivity index (χ1v) is 5.96. The van der Waals surface area contributed by atoms with Crippen molar-refractivity contribution in [3.63, 3.8) is 0 Å². The number of hydrogen-bond acceptors (Lipinski definition) is 4. The molecule has 0 aliphatic carbocycles. The van der Waals surface area contributed by atoms with Crippen LogP contribution in [0, 0.1) is 5.92 Å². The summed E-state index contributed by atoms with van der Waals surface area (Å²) >= 11 is 5.67. The molecule has 0 radical (unpaired) electrons. The molecule has 0 aromatic carbocycles. The number of piperidine rings is 1. The van der Waals surface area contributed by atoms with E-state index >= 15 is 0 Å². The molecule has 1 saturated heterocycles. The highest BCUT2D eigenvalue weighted by atomic mass is 35.5. The molecule has 17 heavy (non-hydrogen) atoms. The molecule has 2 unspecified atom stereocenters. The number of rotatable bonds is 2. The fraction of sp³-hybridized carbons (Fsp3) is 0.545. The van der Waals surface area contributed by atoms with Gasteiger partial charge in [-0.15, -0.1) is 10.2 Å². The van der Waals surface area contributed by atoms with Gasteiger partial charge in [0, 0.05) is 6.54 Å². The molecule has 1 aromatic heterocycles. The Morgan fingerprint density at radius 3 is 2.88 bits per heavy atom. The molecular formula is C11H14ClN3O2. The van der Waals surface area contributed by atoms with Crippen molar-refractivity contribution in [3.05, 3.63) is 17.3 Å². The van der Waals surface area contributed by atoms with Gasteiger partial charge in [-0.3, -0.25) is 0 Å². The summed E-state index contributed by atoms with van der Waals surface area (Å²) in [5.74, 6) is -0.124. The van der Waals surface area contributed by atoms with Crippen LogP contribution < -0.4 is 4.90 Å². The summed E-state index contributed by atoms with van der Waals surface area (Å²) in [5.41, 5.74) is 0. The molecule has 1 aromatic rings. The van der Waals surface area contributed by atoms with Crippen LogP contribution in [0.15, 0.2) is 12.1 Å². The van der Waals surface area contributed by atoms with E-state index in [9.17, 15) is 9.90 Å². The molecule has 0 bridgehead atoms. The van der Waals surface area contributed by atoms with Crippen LogP contribution in [0.5, 0.6) is 0 Å². The molecule has 0 saturated carbocycles. The van der Waals surface area contributed by atoms with Crippen molar-refractivity contribution in [2.45, 2.75) is 25.8 Å². The largest absolute Gasteiger partial charge is 0.480 e. The van der Waals surface area contributed by atoms with Gasteiger partial charge >= 0.3 is 5.97 Å². The molecule has 5 nitrogen and oxygen atoms in total. The first kappa shape index (κ1) is 12.1. The minimum atomic E-state index is -0.811. The van der Waals surface area contributed by atoms with Crippen molar-refractivity contribution >= 4 is 23.4 Å². The number of anilines is 1. The summed E-state index contributed by atoms with van der Waals surface area (Å²) in [6, 6.07) is 2.81. The van der Waals surface area contributed by atoms with Gasteiger partial charge in [0.2, 0.25) is 0 Å². The summed E-state index contributed by atoms with van der Waals surface area (Å²) in [5, 5.41) is 17.3. The van der Waals surface area contributed by atoms with Crippen LogP contribution in [0.3, 0.4) is 0 Å². The Balaban J connectivity index is 2.28. The van der Waals surface area contributed by atoms with Crippen molar-refractivity contribution in [1.82, 2.24) is 10.2 Å². The summed E-state index contributed by atoms with van der Waals surface area (Å²) in [7, 11) is 0. The lowest BCUT2D eigenvalue weighted by Crippen LogP contribution is -2.49. The third-order valence-electron chi connectivity index (χ3n) is 3.10. The highest BCUT2D eigenvalue weighted by Gasteiger charge is 2.35. The first-order valence-electron chi connectivity index (χ1n) is 5.58. The number of aromatic nitrogens is 2. The number of carbonyl (C=O) groups is 1. The Bertz CT molecular complexity index is 410. The summed E-state index contributed by atoms with van der Waals surface area (Å²) in [6.45, 7) is 2.64. The zero-order valence-corrected chi connectivity index (χ0v) is 10.3. The molecule has 1 aliphatic rings. The normalized spacial score (nSPS) is 24.7. The summed E-state index contributed by atoms with van der Waals surface area (Å²) < 4.78 is 0. The van der Waals surface area contributed by atoms with Gasteiger partial charge in [0.15, 0.2) is 11.0 Å². The SMILES string of the molecule is CC1CCCN(c2ccc(Cl)nn2)C1C(=O)O. The highest BCUT2D eigenvalue weighted by Crippen LogP contribution is 2.27. The second-order valence-corrected chi connectivity index (χ2v) is 4.70. The average Bonchev–Trinajstić information content (AvgIpc) is 2.29. The standard InChI is InChI=1S/C11H14ClN3O2/c1-7-3-2-6-15(10(7)11(16)17)9-5-4-8(12)13-14-9/h4-5,7,10H,2-3,6H2,1H3,(H,16,17). The van der Waals surface area contributed by atoms with Gasteiger partial charge in [0.05, 0.1) is 0 Å². The van der Waals surface area contributed by atoms with E-state index in [-0.39, 0.29) is 5.92 Å². The van der Waals surface area contributed by atoms with E-state index in [1.54, 1.807) is 17.0 Å². The van der Waals surface area contributed by atoms with Crippen molar-refractivity contribution < 1.29 is 9.90 Å². The van der Waals surface area contributed by atoms with Crippen molar-refractivity contribution in [3.8, 4) is 0 Å². The van der Waals surface area contributed by atoms with Gasteiger partial charge in [-0.05, 0) is 30.9 Å². The quantitative estimate of drug-likeness (QED) is 0.873. The number of hydrogen-bond donors (Lipinski definition) is 1. The molecule has 6 heteroatoms. The van der Waals surface area contributed by atoms with Crippen LogP contribution in [0.25, 0.3) is 0 Å². The number of aliphatic carboxylic acids is 1. The zero-order chi connectivity index (χ0) is 12.4. The lowest BCUT2D eigenvalue weighted by molar-refractivity contribution is -0.140. The van der Waals surface area contributed by atoms with Gasteiger partial charge < -0.3 is 10.0 Å². The molecule has 1 aliphatic heterocycles. The minimum absolute atomic E-state index is 0.110. The van der Waals surface area contributed by atoms with Gasteiger partial charge in [0.25, 0.3) is 0 Å². The van der Waals surface area contributed by atoms with Crippen LogP contribution >= 0.6 is 11.6 Å². The second kappa shape index (κ2) is 4.87. The number of carboxylic acid groups (broad SMARTS) is 1. The maximum Gasteiger partial charge on any atom is 0.326 e. The fourth-order valence-corrected chi connectivity index (χ4v) is 2.38. The predicted molar refractivity (Wildman–Crippen MR) is 64.2 cm³/mol. The maximum atomic E-state index is 11.3. The molecule has 92 valence electrons. The van der Waals surface area contributed by atoms with Crippen molar-refractivity contribution in [2.75, 3.05) is 11.4 Å². The monoisotopic (exact) mass is 255 g/mol. The van der Waals surface area contributed by atoms with E-state index in [4.69, 9.17) is 11.6 Å². The number of halogens is 1. The molecule has 2 heterocycles. The second-order valence-electron chi connectivity index (χ2n) is 4.31. The van der Waals surface area contributed by atoms with Gasteiger partial charge in [0.1, 0.15) is 6.04 Å². The van der Waals surface area contributed by atoms with E-state index in [1.165, 1.54) is 0 Å². The van der Waals surface area contributed by atoms with Crippen LogP contribution in [-0.4, -0.2) is 33.9 Å². The third-order valence-corrected chi connectivity index (χ3v) is 3.30. The Labute approximate surface area is 104 Å². The molecule has 1 fully saturated rings. The van der Waals surface area contributed by atoms with E-state index in [0.717, 1.165) is 12.8 Å². The zero-order valence-electron chi connectivity index (χ0n) is 9.51. The molecule has 2 rings (SSSR count). The van der Waals surface area contributed by atoms with Crippen LogP contribution in [0.4, 0.5) is 5.82 Å². The van der Waals surface area contributed by atoms with E-state index in [2.05, 4.69) is 10.2 Å². The fourth-order valence-electron chi connectivity index (χ4n) is 2.28. The van der Waals surface area contributed by atoms with E-state index in [0.29, 0.717) is 17.5 Å². The third kappa shape index (κ3) is 2.49. The first-order chi connectivity index (χ1) is 8.09. The highest BCUT2D eigenvalue weighted by molar-refractivity contribution is 6.29. The Morgan fingerprint density at radius 2 is 2.29 bits per heavy atom. The molecule has 1 N–H and O–H groups in total. The topological polar surface area (TPSA) is 66.3 Å². The van der Waals surface area contributed by atoms with E-state index < -0.39 is 12.0 Å². The van der Waals surface area contributed by atoms with Crippen molar-refractivity contribution in [1.29, 1.82) is 0 Å². The van der Waals surface area contributed by atoms with Crippen LogP contribution in [-0.2, 0) is 4.79 Å². The Hall–Kier alpha value is -1.36. The van der Waals surface area contributed by atoms with Crippen LogP contribution in [0.1, 0.15) is 19.8 Å². The van der Waals surface area contributed by atoms with E-state index in [1.807, 2.05) is 6.92 Å². The Kier molecular flexibility index (Phi) is 3.47. The molecular weight excluding hydrogens is 242 g/mol. The predicted octanol–water partition coefficient (Wildman–Crippen LogP) is 1.82. The lowest BCUT2D eigenvalue weighted by Gasteiger charge is -2.37. The Morgan fingerprint density at radius 1 is 1.53 bits per heavy atom. The number of carboxylic acids is 1. The molecule has 2 atom stereocenters. The molecule has 0 amide bonds. The van der Waals surface area contributed by atoms with Crippen LogP contribution in [0.2, 0.25) is 5.15 Å². The van der Waals surface area contributed by atoms with Crippen molar-refractivity contribution in [2.24, 2.45) is 5.92 Å². The maximum absolute atomic E-state index is 11.3. The van der Waals surface area contributed by atoms with Gasteiger partial charge in [-0.1, -0.05) is 18.5 Å². The number of nitrogens with zero attached hydrogens (tertiary/aromatic N) is 3. The van der Waals surface area contributed by atoms with Gasteiger partial charge in [-0.2, -0.15) is 0 Å². The lowest BCUT2D eigenvalue weighted by atomic mass is 9.91. The van der Waals surface area contributed by atoms with Gasteiger partial charge in [-0.25, -0.2) is 4.79 Å². The molecule has 0 spiro atoms. The minimum Gasteiger partial charge on any atom is -0.480 e. The summed E-state index contributed by atoms with van der Waals surface area (Å²) in [4.78, 5) is 13.1. The average molecular weight is 256 g/mol. The smallest absolute Gasteiger partial charge is 0.326 e.